The summed E-state index contributed by atoms with van der Waals surface area (Å²) in [5.74, 6) is -1.74. The first kappa shape index (κ1) is 9.40. The van der Waals surface area contributed by atoms with E-state index in [9.17, 15) is 8.78 Å². The molecule has 0 saturated carbocycles. The van der Waals surface area contributed by atoms with Gasteiger partial charge in [0.2, 0.25) is 5.82 Å². The summed E-state index contributed by atoms with van der Waals surface area (Å²) in [7, 11) is 0. The molecule has 0 aliphatic heterocycles. The Bertz CT molecular complexity index is 464. The van der Waals surface area contributed by atoms with Crippen molar-refractivity contribution in [1.29, 1.82) is 0 Å². The molecule has 1 heterocycles. The van der Waals surface area contributed by atoms with Gasteiger partial charge in [-0.2, -0.15) is 4.39 Å². The Hall–Kier alpha value is -1.16. The van der Waals surface area contributed by atoms with Crippen molar-refractivity contribution in [3.63, 3.8) is 0 Å². The molecule has 14 heavy (non-hydrogen) atoms. The Kier molecular flexibility index (Phi) is 2.37. The van der Waals surface area contributed by atoms with Crippen LogP contribution in [0.4, 0.5) is 8.78 Å². The average Bonchev–Trinajstić information content (AvgIpc) is 2.62. The quantitative estimate of drug-likeness (QED) is 0.742. The SMILES string of the molecule is CCOc1cc2ccsc2c(F)c1F. The molecule has 74 valence electrons. The fourth-order valence-electron chi connectivity index (χ4n) is 1.28. The number of rotatable bonds is 2. The molecule has 0 saturated heterocycles. The molecular formula is C10H8F2OS. The molecule has 0 aliphatic rings. The van der Waals surface area contributed by atoms with Crippen molar-refractivity contribution in [3.05, 3.63) is 29.1 Å². The van der Waals surface area contributed by atoms with Gasteiger partial charge in [-0.1, -0.05) is 0 Å². The van der Waals surface area contributed by atoms with Crippen LogP contribution in [0.1, 0.15) is 6.92 Å². The van der Waals surface area contributed by atoms with Gasteiger partial charge in [0.25, 0.3) is 0 Å². The van der Waals surface area contributed by atoms with Gasteiger partial charge >= 0.3 is 0 Å². The predicted molar refractivity (Wildman–Crippen MR) is 52.9 cm³/mol. The lowest BCUT2D eigenvalue weighted by molar-refractivity contribution is 0.315. The maximum Gasteiger partial charge on any atom is 0.202 e. The van der Waals surface area contributed by atoms with E-state index in [1.165, 1.54) is 17.4 Å². The van der Waals surface area contributed by atoms with Crippen LogP contribution in [-0.2, 0) is 0 Å². The van der Waals surface area contributed by atoms with Crippen LogP contribution in [0.5, 0.6) is 5.75 Å². The first-order chi connectivity index (χ1) is 6.74. The molecule has 0 atom stereocenters. The average molecular weight is 214 g/mol. The predicted octanol–water partition coefficient (Wildman–Crippen LogP) is 3.58. The van der Waals surface area contributed by atoms with Gasteiger partial charge < -0.3 is 4.74 Å². The molecule has 0 N–H and O–H groups in total. The number of fused-ring (bicyclic) bond motifs is 1. The van der Waals surface area contributed by atoms with Gasteiger partial charge in [-0.15, -0.1) is 11.3 Å². The summed E-state index contributed by atoms with van der Waals surface area (Å²) in [5, 5.41) is 2.40. The van der Waals surface area contributed by atoms with E-state index < -0.39 is 11.6 Å². The van der Waals surface area contributed by atoms with Crippen LogP contribution in [0.15, 0.2) is 17.5 Å². The van der Waals surface area contributed by atoms with E-state index in [1.54, 1.807) is 18.4 Å². The smallest absolute Gasteiger partial charge is 0.202 e. The molecule has 2 aromatic rings. The normalized spacial score (nSPS) is 10.8. The third kappa shape index (κ3) is 1.35. The van der Waals surface area contributed by atoms with Crippen molar-refractivity contribution in [2.45, 2.75) is 6.92 Å². The summed E-state index contributed by atoms with van der Waals surface area (Å²) in [6, 6.07) is 3.26. The zero-order chi connectivity index (χ0) is 10.1. The Labute approximate surface area is 83.9 Å². The van der Waals surface area contributed by atoms with Gasteiger partial charge in [0.15, 0.2) is 11.6 Å². The summed E-state index contributed by atoms with van der Waals surface area (Å²) in [6.45, 7) is 2.06. The van der Waals surface area contributed by atoms with Gasteiger partial charge in [0, 0.05) is 0 Å². The maximum atomic E-state index is 13.4. The van der Waals surface area contributed by atoms with Crippen LogP contribution < -0.4 is 4.74 Å². The molecule has 1 aromatic heterocycles. The molecule has 1 aromatic carbocycles. The number of hydrogen-bond acceptors (Lipinski definition) is 2. The summed E-state index contributed by atoms with van der Waals surface area (Å²) in [4.78, 5) is 0. The summed E-state index contributed by atoms with van der Waals surface area (Å²) in [6.07, 6.45) is 0. The van der Waals surface area contributed by atoms with E-state index in [1.807, 2.05) is 0 Å². The van der Waals surface area contributed by atoms with Crippen molar-refractivity contribution in [2.75, 3.05) is 6.61 Å². The molecule has 0 unspecified atom stereocenters. The van der Waals surface area contributed by atoms with E-state index in [4.69, 9.17) is 4.74 Å². The second-order valence-corrected chi connectivity index (χ2v) is 3.69. The molecule has 0 spiro atoms. The minimum absolute atomic E-state index is 0.0177. The number of ether oxygens (including phenoxy) is 1. The minimum Gasteiger partial charge on any atom is -0.491 e. The first-order valence-corrected chi connectivity index (χ1v) is 5.10. The Morgan fingerprint density at radius 1 is 1.36 bits per heavy atom. The van der Waals surface area contributed by atoms with Crippen molar-refractivity contribution < 1.29 is 13.5 Å². The highest BCUT2D eigenvalue weighted by molar-refractivity contribution is 7.17. The van der Waals surface area contributed by atoms with E-state index in [0.29, 0.717) is 16.7 Å². The Morgan fingerprint density at radius 2 is 2.14 bits per heavy atom. The second-order valence-electron chi connectivity index (χ2n) is 2.77. The molecule has 0 radical (unpaired) electrons. The zero-order valence-corrected chi connectivity index (χ0v) is 8.33. The van der Waals surface area contributed by atoms with Gasteiger partial charge in [-0.05, 0) is 29.8 Å². The lowest BCUT2D eigenvalue weighted by atomic mass is 10.2. The highest BCUT2D eigenvalue weighted by Crippen LogP contribution is 2.31. The third-order valence-electron chi connectivity index (χ3n) is 1.89. The summed E-state index contributed by atoms with van der Waals surface area (Å²) >= 11 is 1.18. The van der Waals surface area contributed by atoms with Crippen LogP contribution in [0.2, 0.25) is 0 Å². The lowest BCUT2D eigenvalue weighted by Crippen LogP contribution is -1.96. The van der Waals surface area contributed by atoms with Crippen LogP contribution in [-0.4, -0.2) is 6.61 Å². The molecule has 0 fully saturated rings. The van der Waals surface area contributed by atoms with Crippen LogP contribution in [0.3, 0.4) is 0 Å². The Balaban J connectivity index is 2.67. The molecule has 4 heteroatoms. The summed E-state index contributed by atoms with van der Waals surface area (Å²) < 4.78 is 32.0. The zero-order valence-electron chi connectivity index (χ0n) is 7.51. The standard InChI is InChI=1S/C10H8F2OS/c1-2-13-7-5-6-3-4-14-10(6)9(12)8(7)11/h3-5H,2H2,1H3. The van der Waals surface area contributed by atoms with Gasteiger partial charge in [0.05, 0.1) is 11.3 Å². The van der Waals surface area contributed by atoms with Gasteiger partial charge in [-0.25, -0.2) is 4.39 Å². The number of benzene rings is 1. The summed E-state index contributed by atoms with van der Waals surface area (Å²) in [5.41, 5.74) is 0. The van der Waals surface area contributed by atoms with E-state index in [-0.39, 0.29) is 5.75 Å². The van der Waals surface area contributed by atoms with Crippen LogP contribution in [0, 0.1) is 11.6 Å². The number of halogens is 2. The van der Waals surface area contributed by atoms with Crippen molar-refractivity contribution in [1.82, 2.24) is 0 Å². The van der Waals surface area contributed by atoms with Crippen LogP contribution in [0.25, 0.3) is 10.1 Å². The highest BCUT2D eigenvalue weighted by atomic mass is 32.1. The topological polar surface area (TPSA) is 9.23 Å². The number of thiophene rings is 1. The molecular weight excluding hydrogens is 206 g/mol. The van der Waals surface area contributed by atoms with Crippen molar-refractivity contribution in [3.8, 4) is 5.75 Å². The molecule has 0 aliphatic carbocycles. The van der Waals surface area contributed by atoms with Gasteiger partial charge in [-0.3, -0.25) is 0 Å². The second kappa shape index (κ2) is 3.53. The van der Waals surface area contributed by atoms with Crippen LogP contribution >= 0.6 is 11.3 Å². The number of hydrogen-bond donors (Lipinski definition) is 0. The monoisotopic (exact) mass is 214 g/mol. The fourth-order valence-corrected chi connectivity index (χ4v) is 2.09. The first-order valence-electron chi connectivity index (χ1n) is 4.22. The fraction of sp³-hybridized carbons (Fsp3) is 0.200. The minimum atomic E-state index is -0.901. The molecule has 1 nitrogen and oxygen atoms in total. The van der Waals surface area contributed by atoms with E-state index >= 15 is 0 Å². The van der Waals surface area contributed by atoms with Crippen molar-refractivity contribution in [2.24, 2.45) is 0 Å². The van der Waals surface area contributed by atoms with Crippen molar-refractivity contribution >= 4 is 21.4 Å². The Morgan fingerprint density at radius 3 is 2.86 bits per heavy atom. The van der Waals surface area contributed by atoms with E-state index in [0.717, 1.165) is 0 Å². The lowest BCUT2D eigenvalue weighted by Gasteiger charge is -2.05. The maximum absolute atomic E-state index is 13.4. The third-order valence-corrected chi connectivity index (χ3v) is 2.81. The molecule has 2 rings (SSSR count). The highest BCUT2D eigenvalue weighted by Gasteiger charge is 2.14. The largest absolute Gasteiger partial charge is 0.491 e. The molecule has 0 amide bonds. The van der Waals surface area contributed by atoms with Gasteiger partial charge in [0.1, 0.15) is 0 Å². The van der Waals surface area contributed by atoms with E-state index in [2.05, 4.69) is 0 Å². The molecule has 0 bridgehead atoms.